The van der Waals surface area contributed by atoms with Gasteiger partial charge in [-0.3, -0.25) is 10.1 Å². The summed E-state index contributed by atoms with van der Waals surface area (Å²) in [5.74, 6) is -5.74. The van der Waals surface area contributed by atoms with Crippen molar-refractivity contribution in [1.29, 1.82) is 0 Å². The first-order valence-electron chi connectivity index (χ1n) is 5.70. The van der Waals surface area contributed by atoms with Gasteiger partial charge in [-0.2, -0.15) is 0 Å². The third kappa shape index (κ3) is 3.56. The van der Waals surface area contributed by atoms with Crippen molar-refractivity contribution < 1.29 is 48.2 Å². The lowest BCUT2D eigenvalue weighted by Crippen LogP contribution is -2.19. The fourth-order valence-electron chi connectivity index (χ4n) is 1.32. The summed E-state index contributed by atoms with van der Waals surface area (Å²) in [7, 11) is 0. The van der Waals surface area contributed by atoms with Gasteiger partial charge in [0.2, 0.25) is 11.5 Å². The Hall–Kier alpha value is -4.10. The lowest BCUT2D eigenvalue weighted by molar-refractivity contribution is -0.943. The summed E-state index contributed by atoms with van der Waals surface area (Å²) < 4.78 is 8.98. The van der Waals surface area contributed by atoms with Gasteiger partial charge in [0, 0.05) is 0 Å². The van der Waals surface area contributed by atoms with Gasteiger partial charge in [-0.25, -0.2) is 14.8 Å². The molecule has 124 valence electrons. The zero-order valence-electron chi connectivity index (χ0n) is 11.2. The summed E-state index contributed by atoms with van der Waals surface area (Å²) in [6, 6.07) is 3.49. The van der Waals surface area contributed by atoms with Gasteiger partial charge in [0.15, 0.2) is 0 Å². The molecule has 0 saturated heterocycles. The Bertz CT molecular complexity index is 780. The van der Waals surface area contributed by atoms with Gasteiger partial charge < -0.3 is 8.83 Å². The quantitative estimate of drug-likeness (QED) is 0.587. The predicted molar refractivity (Wildman–Crippen MR) is 63.6 cm³/mol. The highest BCUT2D eigenvalue weighted by Crippen LogP contribution is 2.17. The molecule has 24 heavy (non-hydrogen) atoms. The van der Waals surface area contributed by atoms with Crippen LogP contribution in [0.15, 0.2) is 33.1 Å². The van der Waals surface area contributed by atoms with Gasteiger partial charge in [-0.1, -0.05) is 9.68 Å². The molecule has 2 aromatic rings. The summed E-state index contributed by atoms with van der Waals surface area (Å²) in [6.07, 6.45) is 0. The van der Waals surface area contributed by atoms with Crippen LogP contribution in [0.2, 0.25) is 0 Å². The monoisotopic (exact) mass is 343 g/mol. The SMILES string of the molecule is O=C(O[N+](=O)OC(=O)c1ccc([N+](=O)O)o1)c1ccc([N+](=O)[O-])o1. The molecule has 1 N–H and O–H groups in total. The van der Waals surface area contributed by atoms with E-state index in [1.54, 1.807) is 0 Å². The number of nitro groups is 1. The molecule has 0 amide bonds. The maximum atomic E-state index is 11.4. The number of hydrogen-bond donors (Lipinski definition) is 1. The maximum Gasteiger partial charge on any atom is 0.496 e. The van der Waals surface area contributed by atoms with Gasteiger partial charge in [-0.05, 0) is 12.1 Å². The smallest absolute Gasteiger partial charge is 0.393 e. The highest BCUT2D eigenvalue weighted by molar-refractivity contribution is 5.87. The molecule has 2 aromatic heterocycles. The van der Waals surface area contributed by atoms with Crippen LogP contribution in [-0.4, -0.2) is 32.1 Å². The van der Waals surface area contributed by atoms with E-state index in [0.29, 0.717) is 0 Å². The molecule has 2 rings (SSSR count). The van der Waals surface area contributed by atoms with E-state index in [0.717, 1.165) is 24.3 Å². The lowest BCUT2D eigenvalue weighted by atomic mass is 10.5. The third-order valence-corrected chi connectivity index (χ3v) is 2.27. The van der Waals surface area contributed by atoms with Gasteiger partial charge in [-0.15, -0.1) is 0 Å². The molecule has 0 aliphatic carbocycles. The fraction of sp³-hybridized carbons (Fsp3) is 0. The lowest BCUT2D eigenvalue weighted by Gasteiger charge is -1.89. The van der Waals surface area contributed by atoms with Crippen LogP contribution >= 0.6 is 0 Å². The first-order valence-corrected chi connectivity index (χ1v) is 5.70. The van der Waals surface area contributed by atoms with Gasteiger partial charge in [0.1, 0.15) is 9.83 Å². The predicted octanol–water partition coefficient (Wildman–Crippen LogP) is 1.20. The fourth-order valence-corrected chi connectivity index (χ4v) is 1.32. The third-order valence-electron chi connectivity index (χ3n) is 2.27. The standard InChI is InChI=1S/C10H5N3O11/c14-9(5-1-3-7(21-5)11(16)17)23-13(20)24-10(15)6-2-4-8(22-6)12(18)19/h1-4H,(H,16,17)/q+2. The number of rotatable bonds is 6. The first-order chi connectivity index (χ1) is 11.3. The van der Waals surface area contributed by atoms with Gasteiger partial charge in [0.05, 0.1) is 17.0 Å². The summed E-state index contributed by atoms with van der Waals surface area (Å²) in [4.78, 5) is 61.3. The van der Waals surface area contributed by atoms with Crippen LogP contribution < -0.4 is 0 Å². The minimum Gasteiger partial charge on any atom is -0.393 e. The Labute approximate surface area is 128 Å². The summed E-state index contributed by atoms with van der Waals surface area (Å²) in [6.45, 7) is 0. The zero-order valence-corrected chi connectivity index (χ0v) is 11.2. The highest BCUT2D eigenvalue weighted by atomic mass is 17.0. The minimum atomic E-state index is -1.48. The van der Waals surface area contributed by atoms with Crippen LogP contribution in [0.1, 0.15) is 21.1 Å². The number of carbonyl (C=O) groups excluding carboxylic acids is 2. The number of furan rings is 2. The molecule has 0 fully saturated rings. The molecule has 0 unspecified atom stereocenters. The molecule has 0 atom stereocenters. The second kappa shape index (κ2) is 6.34. The second-order valence-electron chi connectivity index (χ2n) is 3.79. The molecule has 0 aliphatic rings. The van der Waals surface area contributed by atoms with E-state index in [1.165, 1.54) is 0 Å². The van der Waals surface area contributed by atoms with Gasteiger partial charge >= 0.3 is 28.8 Å². The molecule has 0 aliphatic heterocycles. The molecule has 14 nitrogen and oxygen atoms in total. The molecule has 2 heterocycles. The molecule has 0 bridgehead atoms. The van der Waals surface area contributed by atoms with Gasteiger partial charge in [0.25, 0.3) is 4.92 Å². The van der Waals surface area contributed by atoms with E-state index in [-0.39, 0.29) is 0 Å². The summed E-state index contributed by atoms with van der Waals surface area (Å²) in [5, 5.41) is 18.0. The van der Waals surface area contributed by atoms with E-state index in [9.17, 15) is 29.5 Å². The largest absolute Gasteiger partial charge is 0.496 e. The zero-order chi connectivity index (χ0) is 17.9. The highest BCUT2D eigenvalue weighted by Gasteiger charge is 2.32. The van der Waals surface area contributed by atoms with Crippen molar-refractivity contribution in [3.63, 3.8) is 0 Å². The molecule has 0 aromatic carbocycles. The van der Waals surface area contributed by atoms with E-state index >= 15 is 0 Å². The van der Waals surface area contributed by atoms with Crippen LogP contribution in [0.25, 0.3) is 0 Å². The Balaban J connectivity index is 1.96. The van der Waals surface area contributed by atoms with Crippen molar-refractivity contribution in [3.8, 4) is 0 Å². The topological polar surface area (TPSA) is 182 Å². The van der Waals surface area contributed by atoms with E-state index in [1.807, 2.05) is 0 Å². The van der Waals surface area contributed by atoms with Crippen molar-refractivity contribution in [3.05, 3.63) is 55.7 Å². The minimum absolute atomic E-state index is 0.662. The number of nitrogens with zero attached hydrogens (tertiary/aromatic N) is 3. The van der Waals surface area contributed by atoms with Crippen molar-refractivity contribution in [2.24, 2.45) is 0 Å². The van der Waals surface area contributed by atoms with E-state index < -0.39 is 50.2 Å². The van der Waals surface area contributed by atoms with Crippen molar-refractivity contribution in [2.75, 3.05) is 0 Å². The normalized spacial score (nSPS) is 10.0. The maximum absolute atomic E-state index is 11.4. The molecule has 0 spiro atoms. The Morgan fingerprint density at radius 1 is 0.917 bits per heavy atom. The molecular weight excluding hydrogens is 338 g/mol. The summed E-state index contributed by atoms with van der Waals surface area (Å²) in [5.41, 5.74) is 0. The van der Waals surface area contributed by atoms with E-state index in [2.05, 4.69) is 18.5 Å². The van der Waals surface area contributed by atoms with Crippen molar-refractivity contribution in [2.45, 2.75) is 0 Å². The second-order valence-corrected chi connectivity index (χ2v) is 3.79. The van der Waals surface area contributed by atoms with Crippen molar-refractivity contribution >= 4 is 23.7 Å². The number of carbonyl (C=O) groups is 2. The molecular formula is C10H5N3O11+2. The first kappa shape index (κ1) is 16.3. The van der Waals surface area contributed by atoms with Crippen LogP contribution in [0.3, 0.4) is 0 Å². The Kier molecular flexibility index (Phi) is 4.30. The van der Waals surface area contributed by atoms with Crippen molar-refractivity contribution in [1.82, 2.24) is 0 Å². The average molecular weight is 343 g/mol. The molecule has 0 radical (unpaired) electrons. The average Bonchev–Trinajstić information content (AvgIpc) is 3.16. The Morgan fingerprint density at radius 2 is 1.38 bits per heavy atom. The van der Waals surface area contributed by atoms with Crippen LogP contribution in [0.5, 0.6) is 0 Å². The molecule has 14 heteroatoms. The molecule has 0 saturated carbocycles. The summed E-state index contributed by atoms with van der Waals surface area (Å²) >= 11 is 0. The Morgan fingerprint density at radius 3 is 1.75 bits per heavy atom. The number of hydrogen-bond acceptors (Lipinski definition) is 10. The van der Waals surface area contributed by atoms with Crippen LogP contribution in [-0.2, 0) is 9.68 Å². The van der Waals surface area contributed by atoms with Crippen LogP contribution in [0.4, 0.5) is 11.8 Å². The van der Waals surface area contributed by atoms with E-state index in [4.69, 9.17) is 5.21 Å². The van der Waals surface area contributed by atoms with Crippen LogP contribution in [0, 0.1) is 19.9 Å².